The number of nitrogens with zero attached hydrogens (tertiary/aromatic N) is 2. The van der Waals surface area contributed by atoms with Crippen LogP contribution in [0.15, 0.2) is 18.2 Å². The number of anilines is 1. The number of nitrogens with one attached hydrogen (secondary N) is 1. The molecule has 2 aromatic rings. The Hall–Kier alpha value is -2.09. The lowest BCUT2D eigenvalue weighted by Gasteiger charge is -2.11. The van der Waals surface area contributed by atoms with E-state index in [4.69, 9.17) is 11.6 Å². The largest absolute Gasteiger partial charge is 0.324 e. The van der Waals surface area contributed by atoms with Gasteiger partial charge in [0.2, 0.25) is 5.91 Å². The fraction of sp³-hybridized carbons (Fsp3) is 0.333. The number of aryl methyl sites for hydroxylation is 1. The molecule has 0 aliphatic carbocycles. The highest BCUT2D eigenvalue weighted by Gasteiger charge is 2.28. The van der Waals surface area contributed by atoms with Gasteiger partial charge in [0.15, 0.2) is 0 Å². The van der Waals surface area contributed by atoms with Crippen molar-refractivity contribution < 1.29 is 22.4 Å². The molecule has 0 radical (unpaired) electrons. The van der Waals surface area contributed by atoms with Crippen molar-refractivity contribution in [2.45, 2.75) is 33.2 Å². The average Bonchev–Trinajstić information content (AvgIpc) is 2.80. The Morgan fingerprint density at radius 1 is 1.25 bits per heavy atom. The molecule has 1 heterocycles. The summed E-state index contributed by atoms with van der Waals surface area (Å²) in [5, 5.41) is 5.07. The van der Waals surface area contributed by atoms with Crippen LogP contribution in [0, 0.1) is 13.8 Å². The average molecular weight is 364 g/mol. The van der Waals surface area contributed by atoms with Crippen LogP contribution in [0.3, 0.4) is 0 Å². The summed E-state index contributed by atoms with van der Waals surface area (Å²) >= 11 is 5.53. The van der Waals surface area contributed by atoms with Crippen molar-refractivity contribution in [2.24, 2.45) is 0 Å². The third kappa shape index (κ3) is 3.69. The van der Waals surface area contributed by atoms with Crippen molar-refractivity contribution in [1.29, 1.82) is 0 Å². The molecule has 2 rings (SSSR count). The maximum atomic E-state index is 13.0. The van der Waals surface area contributed by atoms with E-state index in [1.165, 1.54) is 0 Å². The van der Waals surface area contributed by atoms with Crippen LogP contribution in [0.1, 0.15) is 35.4 Å². The van der Waals surface area contributed by atoms with Gasteiger partial charge < -0.3 is 5.32 Å². The van der Waals surface area contributed by atoms with E-state index in [1.54, 1.807) is 19.1 Å². The van der Waals surface area contributed by atoms with Gasteiger partial charge in [0.1, 0.15) is 17.9 Å². The minimum Gasteiger partial charge on any atom is -0.324 e. The Balaban J connectivity index is 2.25. The first-order chi connectivity index (χ1) is 11.2. The SMILES string of the molecule is Cc1cccc(NC(=O)Cn2nc(C(F)F)c(Cl)c2C(F)F)c1C. The van der Waals surface area contributed by atoms with E-state index in [0.29, 0.717) is 10.4 Å². The summed E-state index contributed by atoms with van der Waals surface area (Å²) in [6.45, 7) is 2.98. The van der Waals surface area contributed by atoms with Crippen molar-refractivity contribution >= 4 is 23.2 Å². The third-order valence-electron chi connectivity index (χ3n) is 3.54. The van der Waals surface area contributed by atoms with Gasteiger partial charge in [0.25, 0.3) is 12.9 Å². The number of halogens is 5. The van der Waals surface area contributed by atoms with Crippen molar-refractivity contribution in [3.63, 3.8) is 0 Å². The minimum absolute atomic E-state index is 0.505. The lowest BCUT2D eigenvalue weighted by atomic mass is 10.1. The first-order valence-electron chi connectivity index (χ1n) is 6.90. The van der Waals surface area contributed by atoms with Crippen molar-refractivity contribution in [1.82, 2.24) is 9.78 Å². The quantitative estimate of drug-likeness (QED) is 0.785. The Morgan fingerprint density at radius 2 is 1.92 bits per heavy atom. The number of alkyl halides is 4. The molecule has 24 heavy (non-hydrogen) atoms. The molecular formula is C15H14ClF4N3O. The molecule has 4 nitrogen and oxygen atoms in total. The molecule has 0 atom stereocenters. The number of amides is 1. The molecule has 0 fully saturated rings. The lowest BCUT2D eigenvalue weighted by molar-refractivity contribution is -0.117. The highest BCUT2D eigenvalue weighted by molar-refractivity contribution is 6.32. The zero-order valence-corrected chi connectivity index (χ0v) is 13.5. The standard InChI is InChI=1S/C15H14ClF4N3O/c1-7-4-3-5-9(8(7)2)21-10(24)6-23-13(15(19)20)11(16)12(22-23)14(17)18/h3-5,14-15H,6H2,1-2H3,(H,21,24). The van der Waals surface area contributed by atoms with Crippen molar-refractivity contribution in [3.05, 3.63) is 45.7 Å². The van der Waals surface area contributed by atoms with Gasteiger partial charge in [0.05, 0.1) is 5.02 Å². The predicted octanol–water partition coefficient (Wildman–Crippen LogP) is 4.67. The predicted molar refractivity (Wildman–Crippen MR) is 81.7 cm³/mol. The number of aromatic nitrogens is 2. The molecule has 0 spiro atoms. The van der Waals surface area contributed by atoms with Gasteiger partial charge in [0, 0.05) is 5.69 Å². The van der Waals surface area contributed by atoms with E-state index in [9.17, 15) is 22.4 Å². The normalized spacial score (nSPS) is 11.4. The van der Waals surface area contributed by atoms with Crippen LogP contribution in [0.2, 0.25) is 5.02 Å². The Morgan fingerprint density at radius 3 is 2.50 bits per heavy atom. The third-order valence-corrected chi connectivity index (χ3v) is 3.93. The maximum Gasteiger partial charge on any atom is 0.283 e. The molecule has 1 aromatic heterocycles. The molecule has 9 heteroatoms. The minimum atomic E-state index is -3.13. The summed E-state index contributed by atoms with van der Waals surface area (Å²) in [5.41, 5.74) is 0.385. The molecule has 0 aliphatic rings. The smallest absolute Gasteiger partial charge is 0.283 e. The molecule has 0 saturated carbocycles. The highest BCUT2D eigenvalue weighted by Crippen LogP contribution is 2.34. The van der Waals surface area contributed by atoms with Gasteiger partial charge in [-0.15, -0.1) is 0 Å². The fourth-order valence-electron chi connectivity index (χ4n) is 2.15. The molecule has 0 aliphatic heterocycles. The second kappa shape index (κ2) is 7.21. The van der Waals surface area contributed by atoms with Gasteiger partial charge in [-0.05, 0) is 31.0 Å². The van der Waals surface area contributed by atoms with Gasteiger partial charge in [-0.1, -0.05) is 23.7 Å². The van der Waals surface area contributed by atoms with Crippen LogP contribution >= 0.6 is 11.6 Å². The van der Waals surface area contributed by atoms with Gasteiger partial charge >= 0.3 is 0 Å². The molecule has 1 N–H and O–H groups in total. The Bertz CT molecular complexity index is 761. The number of rotatable bonds is 5. The van der Waals surface area contributed by atoms with Crippen molar-refractivity contribution in [3.8, 4) is 0 Å². The van der Waals surface area contributed by atoms with Crippen LogP contribution in [0.5, 0.6) is 0 Å². The van der Waals surface area contributed by atoms with Gasteiger partial charge in [-0.3, -0.25) is 9.48 Å². The molecule has 0 bridgehead atoms. The number of hydrogen-bond donors (Lipinski definition) is 1. The lowest BCUT2D eigenvalue weighted by Crippen LogP contribution is -2.21. The molecule has 130 valence electrons. The summed E-state index contributed by atoms with van der Waals surface area (Å²) in [6, 6.07) is 5.22. The highest BCUT2D eigenvalue weighted by atomic mass is 35.5. The van der Waals surface area contributed by atoms with E-state index in [-0.39, 0.29) is 0 Å². The van der Waals surface area contributed by atoms with Crippen LogP contribution < -0.4 is 5.32 Å². The zero-order valence-electron chi connectivity index (χ0n) is 12.8. The summed E-state index contributed by atoms with van der Waals surface area (Å²) < 4.78 is 52.1. The van der Waals surface area contributed by atoms with E-state index >= 15 is 0 Å². The topological polar surface area (TPSA) is 46.9 Å². The summed E-state index contributed by atoms with van der Waals surface area (Å²) in [4.78, 5) is 12.1. The molecule has 0 saturated heterocycles. The van der Waals surface area contributed by atoms with Crippen molar-refractivity contribution in [2.75, 3.05) is 5.32 Å². The zero-order chi connectivity index (χ0) is 18.0. The number of benzene rings is 1. The molecule has 0 unspecified atom stereocenters. The van der Waals surface area contributed by atoms with E-state index in [2.05, 4.69) is 10.4 Å². The van der Waals surface area contributed by atoms with E-state index in [0.717, 1.165) is 11.1 Å². The first-order valence-corrected chi connectivity index (χ1v) is 7.28. The van der Waals surface area contributed by atoms with Crippen LogP contribution in [0.4, 0.5) is 23.2 Å². The fourth-order valence-corrected chi connectivity index (χ4v) is 2.45. The number of carbonyl (C=O) groups is 1. The summed E-state index contributed by atoms with van der Waals surface area (Å²) in [5.74, 6) is -0.675. The molecule has 1 amide bonds. The maximum absolute atomic E-state index is 13.0. The number of carbonyl (C=O) groups excluding carboxylic acids is 1. The summed E-state index contributed by atoms with van der Waals surface area (Å²) in [7, 11) is 0. The molecular weight excluding hydrogens is 350 g/mol. The van der Waals surface area contributed by atoms with Crippen LogP contribution in [0.25, 0.3) is 0 Å². The van der Waals surface area contributed by atoms with E-state index < -0.39 is 41.7 Å². The summed E-state index contributed by atoms with van der Waals surface area (Å²) in [6.07, 6.45) is -6.25. The van der Waals surface area contributed by atoms with Gasteiger partial charge in [-0.2, -0.15) is 5.10 Å². The van der Waals surface area contributed by atoms with Gasteiger partial charge in [-0.25, -0.2) is 17.6 Å². The van der Waals surface area contributed by atoms with Crippen LogP contribution in [-0.2, 0) is 11.3 Å². The second-order valence-electron chi connectivity index (χ2n) is 5.14. The first kappa shape index (κ1) is 18.3. The Kier molecular flexibility index (Phi) is 5.48. The Labute approximate surface area is 140 Å². The molecule has 1 aromatic carbocycles. The second-order valence-corrected chi connectivity index (χ2v) is 5.52. The van der Waals surface area contributed by atoms with E-state index in [1.807, 2.05) is 13.0 Å². The number of hydrogen-bond acceptors (Lipinski definition) is 2. The van der Waals surface area contributed by atoms with Crippen LogP contribution in [-0.4, -0.2) is 15.7 Å². The monoisotopic (exact) mass is 363 g/mol.